The molecule has 1 aliphatic rings. The maximum absolute atomic E-state index is 3.70. The van der Waals surface area contributed by atoms with E-state index in [2.05, 4.69) is 48.5 Å². The molecule has 0 saturated heterocycles. The minimum atomic E-state index is 0.487. The number of nitrogens with one attached hydrogen (secondary N) is 1. The van der Waals surface area contributed by atoms with Crippen LogP contribution < -0.4 is 5.32 Å². The van der Waals surface area contributed by atoms with E-state index in [0.717, 1.165) is 18.5 Å². The molecule has 1 saturated carbocycles. The Balaban J connectivity index is 1.75. The Morgan fingerprint density at radius 3 is 2.62 bits per heavy atom. The molecule has 1 unspecified atom stereocenters. The molecule has 0 spiro atoms. The number of nitrogens with zero attached hydrogens (tertiary/aromatic N) is 1. The monoisotopic (exact) mass is 308 g/mol. The van der Waals surface area contributed by atoms with Crippen molar-refractivity contribution in [3.63, 3.8) is 0 Å². The predicted octanol–water partition coefficient (Wildman–Crippen LogP) is 4.69. The van der Waals surface area contributed by atoms with Crippen molar-refractivity contribution >= 4 is 11.3 Å². The second-order valence-electron chi connectivity index (χ2n) is 6.85. The first-order valence-electron chi connectivity index (χ1n) is 8.67. The third kappa shape index (κ3) is 5.72. The SMILES string of the molecule is CC(C)CCN(CCNC(C)c1cccs1)C1CCCC1. The summed E-state index contributed by atoms with van der Waals surface area (Å²) in [6, 6.07) is 5.71. The van der Waals surface area contributed by atoms with Crippen molar-refractivity contribution in [2.75, 3.05) is 19.6 Å². The molecule has 1 aromatic heterocycles. The molecule has 0 bridgehead atoms. The fourth-order valence-corrected chi connectivity index (χ4v) is 3.99. The first-order chi connectivity index (χ1) is 10.2. The molecule has 2 rings (SSSR count). The Labute approximate surface area is 134 Å². The van der Waals surface area contributed by atoms with Crippen LogP contribution in [-0.2, 0) is 0 Å². The Morgan fingerprint density at radius 1 is 1.24 bits per heavy atom. The lowest BCUT2D eigenvalue weighted by atomic mass is 10.1. The molecule has 0 amide bonds. The van der Waals surface area contributed by atoms with Gasteiger partial charge in [0.25, 0.3) is 0 Å². The average molecular weight is 309 g/mol. The quantitative estimate of drug-likeness (QED) is 0.712. The molecular weight excluding hydrogens is 276 g/mol. The second kappa shape index (κ2) is 8.92. The van der Waals surface area contributed by atoms with Crippen LogP contribution in [0.2, 0.25) is 0 Å². The molecule has 1 N–H and O–H groups in total. The van der Waals surface area contributed by atoms with E-state index in [-0.39, 0.29) is 0 Å². The lowest BCUT2D eigenvalue weighted by molar-refractivity contribution is 0.187. The lowest BCUT2D eigenvalue weighted by Gasteiger charge is -2.30. The lowest BCUT2D eigenvalue weighted by Crippen LogP contribution is -2.40. The molecule has 1 fully saturated rings. The molecule has 1 aromatic rings. The Morgan fingerprint density at radius 2 is 2.00 bits per heavy atom. The van der Waals surface area contributed by atoms with Crippen LogP contribution in [-0.4, -0.2) is 30.6 Å². The van der Waals surface area contributed by atoms with Gasteiger partial charge in [0.05, 0.1) is 0 Å². The predicted molar refractivity (Wildman–Crippen MR) is 94.0 cm³/mol. The van der Waals surface area contributed by atoms with E-state index in [1.165, 1.54) is 50.1 Å². The van der Waals surface area contributed by atoms with Crippen molar-refractivity contribution in [3.8, 4) is 0 Å². The molecule has 1 heterocycles. The van der Waals surface area contributed by atoms with Gasteiger partial charge in [0.2, 0.25) is 0 Å². The van der Waals surface area contributed by atoms with Crippen LogP contribution in [0.1, 0.15) is 63.8 Å². The highest BCUT2D eigenvalue weighted by molar-refractivity contribution is 7.10. The number of rotatable bonds is 9. The highest BCUT2D eigenvalue weighted by Gasteiger charge is 2.22. The van der Waals surface area contributed by atoms with Crippen molar-refractivity contribution in [1.29, 1.82) is 0 Å². The van der Waals surface area contributed by atoms with Gasteiger partial charge in [-0.3, -0.25) is 4.90 Å². The maximum atomic E-state index is 3.70. The van der Waals surface area contributed by atoms with E-state index in [4.69, 9.17) is 0 Å². The molecule has 2 nitrogen and oxygen atoms in total. The minimum Gasteiger partial charge on any atom is -0.308 e. The van der Waals surface area contributed by atoms with Gasteiger partial charge in [-0.1, -0.05) is 32.8 Å². The highest BCUT2D eigenvalue weighted by Crippen LogP contribution is 2.24. The van der Waals surface area contributed by atoms with Gasteiger partial charge < -0.3 is 5.32 Å². The summed E-state index contributed by atoms with van der Waals surface area (Å²) in [7, 11) is 0. The van der Waals surface area contributed by atoms with Crippen molar-refractivity contribution in [2.24, 2.45) is 5.92 Å². The normalized spacial score (nSPS) is 18.0. The summed E-state index contributed by atoms with van der Waals surface area (Å²) < 4.78 is 0. The number of thiophene rings is 1. The van der Waals surface area contributed by atoms with Gasteiger partial charge in [0.15, 0.2) is 0 Å². The topological polar surface area (TPSA) is 15.3 Å². The zero-order valence-electron chi connectivity index (χ0n) is 14.0. The van der Waals surface area contributed by atoms with E-state index in [0.29, 0.717) is 6.04 Å². The van der Waals surface area contributed by atoms with Crippen molar-refractivity contribution in [3.05, 3.63) is 22.4 Å². The van der Waals surface area contributed by atoms with Crippen LogP contribution in [0, 0.1) is 5.92 Å². The molecule has 120 valence electrons. The third-order valence-corrected chi connectivity index (χ3v) is 5.71. The van der Waals surface area contributed by atoms with Crippen molar-refractivity contribution in [2.45, 2.75) is 65.0 Å². The second-order valence-corrected chi connectivity index (χ2v) is 7.83. The summed E-state index contributed by atoms with van der Waals surface area (Å²) in [5, 5.41) is 5.86. The van der Waals surface area contributed by atoms with E-state index in [9.17, 15) is 0 Å². The van der Waals surface area contributed by atoms with Gasteiger partial charge in [-0.2, -0.15) is 0 Å². The van der Waals surface area contributed by atoms with Crippen LogP contribution in [0.25, 0.3) is 0 Å². The minimum absolute atomic E-state index is 0.487. The summed E-state index contributed by atoms with van der Waals surface area (Å²) >= 11 is 1.85. The van der Waals surface area contributed by atoms with E-state index < -0.39 is 0 Å². The summed E-state index contributed by atoms with van der Waals surface area (Å²) in [6.07, 6.45) is 7.03. The average Bonchev–Trinajstić information content (AvgIpc) is 3.13. The van der Waals surface area contributed by atoms with Crippen LogP contribution in [0.15, 0.2) is 17.5 Å². The van der Waals surface area contributed by atoms with Crippen molar-refractivity contribution < 1.29 is 0 Å². The standard InChI is InChI=1S/C18H32N2S/c1-15(2)10-12-20(17-7-4-5-8-17)13-11-19-16(3)18-9-6-14-21-18/h6,9,14-17,19H,4-5,7-8,10-13H2,1-3H3. The maximum Gasteiger partial charge on any atom is 0.0386 e. The van der Waals surface area contributed by atoms with E-state index in [1.807, 2.05) is 11.3 Å². The Kier molecular flexibility index (Phi) is 7.21. The Bertz CT molecular complexity index is 369. The van der Waals surface area contributed by atoms with E-state index >= 15 is 0 Å². The molecule has 1 atom stereocenters. The largest absolute Gasteiger partial charge is 0.308 e. The molecular formula is C18H32N2S. The summed E-state index contributed by atoms with van der Waals surface area (Å²) in [5.74, 6) is 0.812. The molecule has 0 aliphatic heterocycles. The van der Waals surface area contributed by atoms with Crippen molar-refractivity contribution in [1.82, 2.24) is 10.2 Å². The number of hydrogen-bond donors (Lipinski definition) is 1. The first kappa shape index (κ1) is 17.0. The smallest absolute Gasteiger partial charge is 0.0386 e. The zero-order valence-corrected chi connectivity index (χ0v) is 14.8. The molecule has 3 heteroatoms. The summed E-state index contributed by atoms with van der Waals surface area (Å²) in [6.45, 7) is 10.5. The van der Waals surface area contributed by atoms with Gasteiger partial charge in [0.1, 0.15) is 0 Å². The highest BCUT2D eigenvalue weighted by atomic mass is 32.1. The van der Waals surface area contributed by atoms with Crippen LogP contribution in [0.5, 0.6) is 0 Å². The van der Waals surface area contributed by atoms with Gasteiger partial charge in [0, 0.05) is 30.1 Å². The van der Waals surface area contributed by atoms with Gasteiger partial charge in [-0.15, -0.1) is 11.3 Å². The van der Waals surface area contributed by atoms with E-state index in [1.54, 1.807) is 0 Å². The van der Waals surface area contributed by atoms with Crippen LogP contribution in [0.4, 0.5) is 0 Å². The van der Waals surface area contributed by atoms with Crippen LogP contribution in [0.3, 0.4) is 0 Å². The van der Waals surface area contributed by atoms with Crippen LogP contribution >= 0.6 is 11.3 Å². The molecule has 0 aromatic carbocycles. The van der Waals surface area contributed by atoms with Gasteiger partial charge in [-0.25, -0.2) is 0 Å². The summed E-state index contributed by atoms with van der Waals surface area (Å²) in [5.41, 5.74) is 0. The third-order valence-electron chi connectivity index (χ3n) is 4.65. The fourth-order valence-electron chi connectivity index (χ4n) is 3.23. The van der Waals surface area contributed by atoms with Gasteiger partial charge in [-0.05, 0) is 50.1 Å². The molecule has 1 aliphatic carbocycles. The molecule has 0 radical (unpaired) electrons. The fraction of sp³-hybridized carbons (Fsp3) is 0.778. The zero-order chi connectivity index (χ0) is 15.1. The van der Waals surface area contributed by atoms with Gasteiger partial charge >= 0.3 is 0 Å². The summed E-state index contributed by atoms with van der Waals surface area (Å²) in [4.78, 5) is 4.20. The molecule has 21 heavy (non-hydrogen) atoms. The number of hydrogen-bond acceptors (Lipinski definition) is 3. The first-order valence-corrected chi connectivity index (χ1v) is 9.55. The Hall–Kier alpha value is -0.380.